The Balaban J connectivity index is 1.39. The lowest BCUT2D eigenvalue weighted by atomic mass is 9.99. The quantitative estimate of drug-likeness (QED) is 0.734. The van der Waals surface area contributed by atoms with Crippen molar-refractivity contribution >= 4 is 11.6 Å². The molecular formula is C16H14ClN5O. The van der Waals surface area contributed by atoms with Gasteiger partial charge in [0.2, 0.25) is 11.7 Å². The van der Waals surface area contributed by atoms with Crippen LogP contribution < -0.4 is 0 Å². The van der Waals surface area contributed by atoms with Gasteiger partial charge in [-0.05, 0) is 11.6 Å². The van der Waals surface area contributed by atoms with E-state index in [9.17, 15) is 0 Å². The number of halogens is 1. The molecule has 1 aromatic carbocycles. The van der Waals surface area contributed by atoms with Gasteiger partial charge < -0.3 is 4.52 Å². The molecule has 0 bridgehead atoms. The van der Waals surface area contributed by atoms with E-state index in [0.717, 1.165) is 30.2 Å². The van der Waals surface area contributed by atoms with Crippen molar-refractivity contribution in [2.45, 2.75) is 12.5 Å². The second-order valence-corrected chi connectivity index (χ2v) is 5.94. The zero-order chi connectivity index (χ0) is 15.6. The largest absolute Gasteiger partial charge is 0.339 e. The van der Waals surface area contributed by atoms with Crippen LogP contribution in [0.4, 0.5) is 0 Å². The normalized spacial score (nSPS) is 15.5. The van der Waals surface area contributed by atoms with Gasteiger partial charge in [0.05, 0.1) is 12.1 Å². The highest BCUT2D eigenvalue weighted by atomic mass is 35.5. The highest BCUT2D eigenvalue weighted by molar-refractivity contribution is 6.31. The third-order valence-corrected chi connectivity index (χ3v) is 4.26. The van der Waals surface area contributed by atoms with Gasteiger partial charge in [-0.2, -0.15) is 4.98 Å². The first-order chi connectivity index (χ1) is 11.3. The Morgan fingerprint density at radius 2 is 2.09 bits per heavy atom. The van der Waals surface area contributed by atoms with Crippen molar-refractivity contribution < 1.29 is 4.52 Å². The molecule has 116 valence electrons. The van der Waals surface area contributed by atoms with Crippen LogP contribution in [0.25, 0.3) is 11.5 Å². The minimum atomic E-state index is 0.260. The molecular weight excluding hydrogens is 314 g/mol. The molecule has 3 aromatic rings. The van der Waals surface area contributed by atoms with Gasteiger partial charge in [0, 0.05) is 37.1 Å². The topological polar surface area (TPSA) is 67.9 Å². The summed E-state index contributed by atoms with van der Waals surface area (Å²) >= 11 is 6.19. The Kier molecular flexibility index (Phi) is 3.77. The Morgan fingerprint density at radius 3 is 2.87 bits per heavy atom. The molecule has 1 aliphatic rings. The lowest BCUT2D eigenvalue weighted by Gasteiger charge is -2.37. The predicted octanol–water partition coefficient (Wildman–Crippen LogP) is 2.78. The lowest BCUT2D eigenvalue weighted by Crippen LogP contribution is -2.44. The predicted molar refractivity (Wildman–Crippen MR) is 84.8 cm³/mol. The average Bonchev–Trinajstić information content (AvgIpc) is 3.02. The van der Waals surface area contributed by atoms with Crippen LogP contribution in [0.1, 0.15) is 17.4 Å². The Labute approximate surface area is 138 Å². The summed E-state index contributed by atoms with van der Waals surface area (Å²) < 4.78 is 5.36. The number of hydrogen-bond donors (Lipinski definition) is 0. The van der Waals surface area contributed by atoms with Crippen molar-refractivity contribution in [3.05, 3.63) is 59.3 Å². The molecule has 0 N–H and O–H groups in total. The molecule has 0 amide bonds. The van der Waals surface area contributed by atoms with Gasteiger partial charge >= 0.3 is 0 Å². The standard InChI is InChI=1S/C16H14ClN5O/c17-13-4-2-1-3-11(13)8-22-9-12(10-22)16-20-15(21-23-16)14-7-18-5-6-19-14/h1-7,12H,8-10H2. The molecule has 0 unspecified atom stereocenters. The van der Waals surface area contributed by atoms with Crippen LogP contribution in [0.5, 0.6) is 0 Å². The van der Waals surface area contributed by atoms with Gasteiger partial charge in [-0.25, -0.2) is 4.98 Å². The SMILES string of the molecule is Clc1ccccc1CN1CC(c2nc(-c3cnccn3)no2)C1. The molecule has 0 aliphatic carbocycles. The summed E-state index contributed by atoms with van der Waals surface area (Å²) in [6.45, 7) is 2.60. The molecule has 0 radical (unpaired) electrons. The molecule has 0 saturated carbocycles. The highest BCUT2D eigenvalue weighted by Crippen LogP contribution is 2.29. The fourth-order valence-electron chi connectivity index (χ4n) is 2.64. The molecule has 3 heterocycles. The fourth-order valence-corrected chi connectivity index (χ4v) is 2.84. The molecule has 2 aromatic heterocycles. The van der Waals surface area contributed by atoms with Crippen LogP contribution in [-0.4, -0.2) is 38.1 Å². The Morgan fingerprint density at radius 1 is 1.22 bits per heavy atom. The molecule has 1 saturated heterocycles. The van der Waals surface area contributed by atoms with E-state index in [2.05, 4.69) is 31.1 Å². The summed E-state index contributed by atoms with van der Waals surface area (Å²) in [5.41, 5.74) is 1.76. The zero-order valence-electron chi connectivity index (χ0n) is 12.3. The number of benzene rings is 1. The van der Waals surface area contributed by atoms with Gasteiger partial charge in [0.1, 0.15) is 5.69 Å². The second kappa shape index (κ2) is 6.06. The average molecular weight is 328 g/mol. The molecule has 1 aliphatic heterocycles. The Bertz CT molecular complexity index is 801. The summed E-state index contributed by atoms with van der Waals surface area (Å²) in [6, 6.07) is 7.91. The molecule has 1 fully saturated rings. The van der Waals surface area contributed by atoms with E-state index in [1.54, 1.807) is 18.6 Å². The number of rotatable bonds is 4. The smallest absolute Gasteiger partial charge is 0.232 e. The molecule has 4 rings (SSSR count). The minimum Gasteiger partial charge on any atom is -0.339 e. The summed E-state index contributed by atoms with van der Waals surface area (Å²) in [6.07, 6.45) is 4.85. The molecule has 23 heavy (non-hydrogen) atoms. The van der Waals surface area contributed by atoms with Crippen LogP contribution in [0.2, 0.25) is 5.02 Å². The van der Waals surface area contributed by atoms with Crippen molar-refractivity contribution in [3.63, 3.8) is 0 Å². The molecule has 6 nitrogen and oxygen atoms in total. The maximum atomic E-state index is 6.19. The minimum absolute atomic E-state index is 0.260. The van der Waals surface area contributed by atoms with Crippen molar-refractivity contribution in [2.75, 3.05) is 13.1 Å². The molecule has 0 spiro atoms. The summed E-state index contributed by atoms with van der Waals surface area (Å²) in [5.74, 6) is 1.40. The van der Waals surface area contributed by atoms with Crippen LogP contribution in [-0.2, 0) is 6.54 Å². The molecule has 7 heteroatoms. The van der Waals surface area contributed by atoms with Gasteiger partial charge in [-0.15, -0.1) is 0 Å². The fraction of sp³-hybridized carbons (Fsp3) is 0.250. The van der Waals surface area contributed by atoms with Gasteiger partial charge in [-0.3, -0.25) is 9.88 Å². The molecule has 0 atom stereocenters. The number of likely N-dealkylation sites (tertiary alicyclic amines) is 1. The Hall–Kier alpha value is -2.31. The van der Waals surface area contributed by atoms with Crippen LogP contribution >= 0.6 is 11.6 Å². The first kappa shape index (κ1) is 14.3. The number of hydrogen-bond acceptors (Lipinski definition) is 6. The van der Waals surface area contributed by atoms with E-state index >= 15 is 0 Å². The van der Waals surface area contributed by atoms with E-state index in [1.165, 1.54) is 0 Å². The third kappa shape index (κ3) is 2.95. The van der Waals surface area contributed by atoms with Crippen LogP contribution in [0.3, 0.4) is 0 Å². The summed E-state index contributed by atoms with van der Waals surface area (Å²) in [5, 5.41) is 4.79. The first-order valence-electron chi connectivity index (χ1n) is 7.35. The van der Waals surface area contributed by atoms with Crippen molar-refractivity contribution in [3.8, 4) is 11.5 Å². The van der Waals surface area contributed by atoms with Crippen molar-refractivity contribution in [2.24, 2.45) is 0 Å². The monoisotopic (exact) mass is 327 g/mol. The van der Waals surface area contributed by atoms with E-state index < -0.39 is 0 Å². The van der Waals surface area contributed by atoms with E-state index in [0.29, 0.717) is 17.4 Å². The van der Waals surface area contributed by atoms with Crippen LogP contribution in [0, 0.1) is 0 Å². The number of nitrogens with zero attached hydrogens (tertiary/aromatic N) is 5. The van der Waals surface area contributed by atoms with Crippen LogP contribution in [0.15, 0.2) is 47.4 Å². The second-order valence-electron chi connectivity index (χ2n) is 5.53. The maximum absolute atomic E-state index is 6.19. The third-order valence-electron chi connectivity index (χ3n) is 3.89. The van der Waals surface area contributed by atoms with E-state index in [4.69, 9.17) is 16.1 Å². The zero-order valence-corrected chi connectivity index (χ0v) is 13.0. The van der Waals surface area contributed by atoms with Crippen molar-refractivity contribution in [1.29, 1.82) is 0 Å². The highest BCUT2D eigenvalue weighted by Gasteiger charge is 2.32. The summed E-state index contributed by atoms with van der Waals surface area (Å²) in [7, 11) is 0. The van der Waals surface area contributed by atoms with E-state index in [-0.39, 0.29) is 5.92 Å². The van der Waals surface area contributed by atoms with Gasteiger partial charge in [-0.1, -0.05) is 35.0 Å². The number of aromatic nitrogens is 4. The van der Waals surface area contributed by atoms with E-state index in [1.807, 2.05) is 18.2 Å². The maximum Gasteiger partial charge on any atom is 0.232 e. The lowest BCUT2D eigenvalue weighted by molar-refractivity contribution is 0.117. The van der Waals surface area contributed by atoms with Gasteiger partial charge in [0.15, 0.2) is 0 Å². The van der Waals surface area contributed by atoms with Gasteiger partial charge in [0.25, 0.3) is 0 Å². The van der Waals surface area contributed by atoms with Crippen molar-refractivity contribution in [1.82, 2.24) is 25.0 Å². The summed E-state index contributed by atoms with van der Waals surface area (Å²) in [4.78, 5) is 14.9. The first-order valence-corrected chi connectivity index (χ1v) is 7.73.